The molecule has 2 aliphatic heterocycles. The fourth-order valence-electron chi connectivity index (χ4n) is 8.37. The SMILES string of the molecule is CN1C(=O)C(Cc2ccccc2)(C2(Cc3ccccc3)C(=O)N(C)C3=C2C(=O)c2ccccc2C3=O)C2=C1C(=O)c1ccccc1C2=O. The van der Waals surface area contributed by atoms with E-state index in [1.807, 2.05) is 12.1 Å². The Balaban J connectivity index is 1.54. The second-order valence-electron chi connectivity index (χ2n) is 12.7. The number of Topliss-reactive ketones (excluding diaryl/α,β-unsaturated/α-hetero) is 4. The summed E-state index contributed by atoms with van der Waals surface area (Å²) in [5.74, 6) is -3.52. The van der Waals surface area contributed by atoms with E-state index in [4.69, 9.17) is 0 Å². The minimum absolute atomic E-state index is 0.112. The van der Waals surface area contributed by atoms with Gasteiger partial charge in [-0.2, -0.15) is 0 Å². The molecule has 0 saturated carbocycles. The summed E-state index contributed by atoms with van der Waals surface area (Å²) in [5.41, 5.74) is -2.94. The number of likely N-dealkylation sites (N-methyl/N-ethyl adjacent to an activating group) is 2. The van der Waals surface area contributed by atoms with Crippen LogP contribution in [0.15, 0.2) is 132 Å². The number of carbonyl (C=O) groups is 6. The summed E-state index contributed by atoms with van der Waals surface area (Å²) < 4.78 is 0. The van der Waals surface area contributed by atoms with Crippen LogP contribution in [-0.4, -0.2) is 58.8 Å². The number of fused-ring (bicyclic) bond motifs is 2. The molecule has 0 saturated heterocycles. The first-order valence-corrected chi connectivity index (χ1v) is 15.7. The fraction of sp³-hybridized carbons (Fsp3) is 0.150. The van der Waals surface area contributed by atoms with Gasteiger partial charge >= 0.3 is 0 Å². The lowest BCUT2D eigenvalue weighted by molar-refractivity contribution is -0.150. The van der Waals surface area contributed by atoms with E-state index in [1.54, 1.807) is 84.9 Å². The number of carbonyl (C=O) groups excluding carboxylic acids is 6. The van der Waals surface area contributed by atoms with Crippen molar-refractivity contribution in [1.29, 1.82) is 0 Å². The summed E-state index contributed by atoms with van der Waals surface area (Å²) in [5, 5.41) is 0. The van der Waals surface area contributed by atoms with E-state index in [0.29, 0.717) is 11.1 Å². The first-order chi connectivity index (χ1) is 23.1. The zero-order valence-electron chi connectivity index (χ0n) is 26.2. The zero-order chi connectivity index (χ0) is 33.5. The van der Waals surface area contributed by atoms with Gasteiger partial charge in [0.05, 0.1) is 0 Å². The smallest absolute Gasteiger partial charge is 0.239 e. The highest BCUT2D eigenvalue weighted by molar-refractivity contribution is 6.35. The van der Waals surface area contributed by atoms with Crippen molar-refractivity contribution in [3.63, 3.8) is 0 Å². The minimum atomic E-state index is -2.10. The highest BCUT2D eigenvalue weighted by atomic mass is 16.2. The molecule has 2 unspecified atom stereocenters. The van der Waals surface area contributed by atoms with Crippen molar-refractivity contribution in [3.05, 3.63) is 165 Å². The van der Waals surface area contributed by atoms with Gasteiger partial charge in [-0.1, -0.05) is 109 Å². The Morgan fingerprint density at radius 2 is 0.708 bits per heavy atom. The average molecular weight is 633 g/mol. The summed E-state index contributed by atoms with van der Waals surface area (Å²) in [6.45, 7) is 0. The molecule has 8 heteroatoms. The van der Waals surface area contributed by atoms with Gasteiger partial charge in [-0.25, -0.2) is 0 Å². The third-order valence-electron chi connectivity index (χ3n) is 10.4. The van der Waals surface area contributed by atoms with E-state index in [0.717, 1.165) is 0 Å². The van der Waals surface area contributed by atoms with Gasteiger partial charge in [0.1, 0.15) is 22.2 Å². The van der Waals surface area contributed by atoms with Crippen LogP contribution in [0.4, 0.5) is 0 Å². The van der Waals surface area contributed by atoms with Crippen LogP contribution in [0, 0.1) is 10.8 Å². The molecule has 2 heterocycles. The van der Waals surface area contributed by atoms with Gasteiger partial charge in [-0.05, 0) is 24.0 Å². The van der Waals surface area contributed by atoms with E-state index in [-0.39, 0.29) is 57.6 Å². The Labute approximate surface area is 276 Å². The molecule has 4 aromatic carbocycles. The van der Waals surface area contributed by atoms with Crippen LogP contribution < -0.4 is 0 Å². The maximum absolute atomic E-state index is 15.4. The van der Waals surface area contributed by atoms with Crippen molar-refractivity contribution in [1.82, 2.24) is 9.80 Å². The van der Waals surface area contributed by atoms with Crippen molar-refractivity contribution < 1.29 is 28.8 Å². The number of amides is 2. The van der Waals surface area contributed by atoms with E-state index < -0.39 is 45.8 Å². The highest BCUT2D eigenvalue weighted by Crippen LogP contribution is 2.65. The summed E-state index contributed by atoms with van der Waals surface area (Å²) >= 11 is 0. The number of rotatable bonds is 5. The van der Waals surface area contributed by atoms with Gasteiger partial charge in [0.25, 0.3) is 0 Å². The van der Waals surface area contributed by atoms with Gasteiger partial charge in [0, 0.05) is 47.5 Å². The fourth-order valence-corrected chi connectivity index (χ4v) is 8.37. The van der Waals surface area contributed by atoms with Crippen molar-refractivity contribution >= 4 is 34.9 Å². The number of hydrogen-bond donors (Lipinski definition) is 0. The summed E-state index contributed by atoms with van der Waals surface area (Å²) in [7, 11) is 2.86. The van der Waals surface area contributed by atoms with E-state index >= 15 is 9.59 Å². The monoisotopic (exact) mass is 632 g/mol. The first-order valence-electron chi connectivity index (χ1n) is 15.7. The van der Waals surface area contributed by atoms with Gasteiger partial charge in [-0.3, -0.25) is 28.8 Å². The maximum Gasteiger partial charge on any atom is 0.239 e. The molecule has 234 valence electrons. The Bertz CT molecular complexity index is 2070. The van der Waals surface area contributed by atoms with Gasteiger partial charge < -0.3 is 9.80 Å². The molecular formula is C40H28N2O6. The van der Waals surface area contributed by atoms with Crippen LogP contribution in [-0.2, 0) is 22.4 Å². The molecule has 0 fully saturated rings. The van der Waals surface area contributed by atoms with Crippen molar-refractivity contribution in [3.8, 4) is 0 Å². The van der Waals surface area contributed by atoms with Crippen LogP contribution in [0.1, 0.15) is 52.6 Å². The summed E-state index contributed by atoms with van der Waals surface area (Å²) in [4.78, 5) is 91.5. The second-order valence-corrected chi connectivity index (χ2v) is 12.7. The lowest BCUT2D eigenvalue weighted by Crippen LogP contribution is -2.59. The predicted octanol–water partition coefficient (Wildman–Crippen LogP) is 5.06. The van der Waals surface area contributed by atoms with E-state index in [1.165, 1.54) is 36.0 Å². The summed E-state index contributed by atoms with van der Waals surface area (Å²) in [6.07, 6.45) is -0.382. The van der Waals surface area contributed by atoms with Crippen LogP contribution in [0.2, 0.25) is 0 Å². The standard InChI is InChI=1S/C40H28N2O6/c1-41-31-29(33(43)25-17-9-11-19-27(25)35(31)45)39(37(41)47,21-23-13-5-3-6-14-23)40(22-24-15-7-4-8-16-24)30-32(42(2)38(40)48)36(46)28-20-12-10-18-26(28)34(30)44/h3-20H,21-22H2,1-2H3. The van der Waals surface area contributed by atoms with Crippen molar-refractivity contribution in [2.45, 2.75) is 12.8 Å². The van der Waals surface area contributed by atoms with Gasteiger partial charge in [0.15, 0.2) is 11.6 Å². The Morgan fingerprint density at radius 3 is 1.04 bits per heavy atom. The molecule has 8 rings (SSSR count). The quantitative estimate of drug-likeness (QED) is 0.305. The third-order valence-corrected chi connectivity index (χ3v) is 10.4. The van der Waals surface area contributed by atoms with Gasteiger partial charge in [0.2, 0.25) is 23.4 Å². The predicted molar refractivity (Wildman–Crippen MR) is 175 cm³/mol. The van der Waals surface area contributed by atoms with Crippen LogP contribution >= 0.6 is 0 Å². The molecule has 2 amide bonds. The second kappa shape index (κ2) is 10.2. The molecule has 0 N–H and O–H groups in total. The number of allylic oxidation sites excluding steroid dienone is 2. The van der Waals surface area contributed by atoms with Gasteiger partial charge in [-0.15, -0.1) is 0 Å². The molecule has 0 radical (unpaired) electrons. The Morgan fingerprint density at radius 1 is 0.417 bits per heavy atom. The lowest BCUT2D eigenvalue weighted by Gasteiger charge is -2.46. The van der Waals surface area contributed by atoms with Crippen molar-refractivity contribution in [2.24, 2.45) is 10.8 Å². The van der Waals surface area contributed by atoms with E-state index in [2.05, 4.69) is 0 Å². The lowest BCUT2D eigenvalue weighted by atomic mass is 9.50. The normalized spacial score (nSPS) is 23.1. The molecule has 2 aliphatic carbocycles. The molecular weight excluding hydrogens is 604 g/mol. The maximum atomic E-state index is 15.4. The van der Waals surface area contributed by atoms with Crippen LogP contribution in [0.3, 0.4) is 0 Å². The van der Waals surface area contributed by atoms with Crippen LogP contribution in [0.25, 0.3) is 0 Å². The molecule has 4 aromatic rings. The zero-order valence-corrected chi connectivity index (χ0v) is 26.2. The molecule has 2 atom stereocenters. The number of benzene rings is 4. The molecule has 0 aromatic heterocycles. The average Bonchev–Trinajstić information content (AvgIpc) is 3.48. The molecule has 0 bridgehead atoms. The molecule has 8 nitrogen and oxygen atoms in total. The largest absolute Gasteiger partial charge is 0.311 e. The van der Waals surface area contributed by atoms with E-state index in [9.17, 15) is 19.2 Å². The Hall–Kier alpha value is -6.02. The number of hydrogen-bond acceptors (Lipinski definition) is 6. The topological polar surface area (TPSA) is 109 Å². The van der Waals surface area contributed by atoms with Crippen LogP contribution in [0.5, 0.6) is 0 Å². The van der Waals surface area contributed by atoms with Crippen molar-refractivity contribution in [2.75, 3.05) is 14.1 Å². The number of ketones is 4. The molecule has 48 heavy (non-hydrogen) atoms. The molecule has 0 spiro atoms. The molecule has 4 aliphatic rings. The minimum Gasteiger partial charge on any atom is -0.311 e. The number of nitrogens with zero attached hydrogens (tertiary/aromatic N) is 2. The third kappa shape index (κ3) is 3.54. The Kier molecular flexibility index (Phi) is 6.27. The first kappa shape index (κ1) is 29.4. The summed E-state index contributed by atoms with van der Waals surface area (Å²) in [6, 6.07) is 30.7. The highest BCUT2D eigenvalue weighted by Gasteiger charge is 2.75.